The fourth-order valence-electron chi connectivity index (χ4n) is 16.4. The maximum absolute atomic E-state index is 15.1. The van der Waals surface area contributed by atoms with Gasteiger partial charge < -0.3 is 79.1 Å². The number of phosphoric acid groups is 1. The average Bonchev–Trinajstić information content (AvgIpc) is 0.768. The van der Waals surface area contributed by atoms with E-state index in [1.54, 1.807) is 0 Å². The molecule has 2 aliphatic rings. The number of nitrogens with one attached hydrogen (secondary N) is 2. The Balaban J connectivity index is 2.73. The molecule has 0 aromatic heterocycles. The molecule has 0 saturated carbocycles. The van der Waals surface area contributed by atoms with Crippen LogP contribution in [0.25, 0.3) is 0 Å². The molecule has 25 heteroatoms. The van der Waals surface area contributed by atoms with Crippen LogP contribution in [-0.4, -0.2) is 170 Å². The fraction of sp³-hybridized carbons (Fsp3) is 0.917. The largest absolute Gasteiger partial charge is 0.470 e. The summed E-state index contributed by atoms with van der Waals surface area (Å²) in [6.45, 7) is 11.2. The highest BCUT2D eigenvalue weighted by Crippen LogP contribution is 2.43. The number of rotatable bonds is 83. The van der Waals surface area contributed by atoms with Gasteiger partial charge in [-0.25, -0.2) is 4.57 Å². The number of hydrogen-bond acceptors (Lipinski definition) is 20. The van der Waals surface area contributed by atoms with Gasteiger partial charge in [0.25, 0.3) is 0 Å². The Morgan fingerprint density at radius 3 is 1.11 bits per heavy atom. The van der Waals surface area contributed by atoms with Gasteiger partial charge in [-0.3, -0.25) is 33.3 Å². The van der Waals surface area contributed by atoms with Gasteiger partial charge in [0.2, 0.25) is 11.8 Å². The van der Waals surface area contributed by atoms with Crippen molar-refractivity contribution in [2.45, 2.75) is 551 Å². The molecule has 710 valence electrons. The van der Waals surface area contributed by atoms with Crippen LogP contribution in [0.4, 0.5) is 0 Å². The third-order valence-corrected chi connectivity index (χ3v) is 24.3. The topological polar surface area (TPSA) is 359 Å². The molecule has 2 fully saturated rings. The van der Waals surface area contributed by atoms with Crippen LogP contribution in [0, 0.1) is 0 Å². The zero-order chi connectivity index (χ0) is 88.6. The lowest BCUT2D eigenvalue weighted by molar-refractivity contribution is -0.298. The minimum absolute atomic E-state index is 0.108. The zero-order valence-electron chi connectivity index (χ0n) is 77.0. The number of unbranched alkanes of at least 4 members (excludes halogenated alkanes) is 49. The van der Waals surface area contributed by atoms with Gasteiger partial charge in [0.05, 0.1) is 51.1 Å². The van der Waals surface area contributed by atoms with E-state index in [4.69, 9.17) is 37.7 Å². The van der Waals surface area contributed by atoms with Gasteiger partial charge in [0.1, 0.15) is 48.7 Å². The molecule has 0 bridgehead atoms. The predicted molar refractivity (Wildman–Crippen MR) is 479 cm³/mol. The Kier molecular flexibility index (Phi) is 71.6. The molecule has 0 radical (unpaired) electrons. The first-order valence-corrected chi connectivity index (χ1v) is 51.2. The highest BCUT2D eigenvalue weighted by atomic mass is 31.2. The van der Waals surface area contributed by atoms with Gasteiger partial charge >= 0.3 is 31.7 Å². The van der Waals surface area contributed by atoms with Crippen LogP contribution in [0.2, 0.25) is 0 Å². The molecule has 2 saturated heterocycles. The summed E-state index contributed by atoms with van der Waals surface area (Å²) in [6.07, 6.45) is 41.9. The first-order valence-electron chi connectivity index (χ1n) is 49.6. The van der Waals surface area contributed by atoms with Gasteiger partial charge in [-0.15, -0.1) is 0 Å². The Morgan fingerprint density at radius 1 is 0.372 bits per heavy atom. The van der Waals surface area contributed by atoms with Crippen molar-refractivity contribution in [3.05, 3.63) is 12.2 Å². The van der Waals surface area contributed by atoms with E-state index in [9.17, 15) is 63.9 Å². The molecule has 9 unspecified atom stereocenters. The average molecular weight is 1740 g/mol. The van der Waals surface area contributed by atoms with Crippen molar-refractivity contribution in [2.24, 2.45) is 0 Å². The molecule has 2 amide bonds. The first-order chi connectivity index (χ1) is 58.6. The van der Waals surface area contributed by atoms with Crippen LogP contribution in [0.3, 0.4) is 0 Å². The maximum Gasteiger partial charge on any atom is 0.470 e. The Bertz CT molecular complexity index is 2600. The number of phosphoric ester groups is 1. The van der Waals surface area contributed by atoms with Crippen LogP contribution in [0.5, 0.6) is 0 Å². The fourth-order valence-corrected chi connectivity index (χ4v) is 17.0. The van der Waals surface area contributed by atoms with Crippen LogP contribution < -0.4 is 10.6 Å². The van der Waals surface area contributed by atoms with Crippen LogP contribution in [0.1, 0.15) is 465 Å². The minimum Gasteiger partial charge on any atom is -0.462 e. The number of aliphatic hydroxyl groups is 5. The Labute approximate surface area is 733 Å². The first kappa shape index (κ1) is 113. The van der Waals surface area contributed by atoms with Crippen LogP contribution in [0.15, 0.2) is 12.2 Å². The SMILES string of the molecule is CCCCCC/C=C\CCCCCCCC(=O)OC(CCCCCCCCCCC)CC(=O)NC1[C@H](OCC2OC(O)C(NC(=O)CC(O)CCCCCCCCCCC)[C@@H](OC(=O)CC(O)CCCCCCCCCCC)[C@@H]2O)OC(CO)[C@@H](OP(=O)(O)O)[C@@H]1OC(=O)CC(CCCCCCCCCCC)OC(=O)CCCCCCCCCCC. The quantitative estimate of drug-likeness (QED) is 0.00898. The zero-order valence-corrected chi connectivity index (χ0v) is 77.9. The van der Waals surface area contributed by atoms with Crippen molar-refractivity contribution >= 4 is 43.5 Å². The third kappa shape index (κ3) is 60.7. The summed E-state index contributed by atoms with van der Waals surface area (Å²) < 4.78 is 61.8. The summed E-state index contributed by atoms with van der Waals surface area (Å²) in [5, 5.41) is 63.3. The standard InChI is InChI=1S/C96H179N2O22P/c1-7-13-19-25-31-37-38-39-40-46-52-58-63-69-85(104)114-79(67-61-55-49-43-34-28-22-16-10-4)73-84(103)98-90-94(119-88(107)74-80(68-62-56-50-44-35-29-23-17-11-5)115-86(105)70-64-57-51-45-36-30-24-18-12-6)92(120-121(110,111)112)81(75-99)117-96(90)113-76-82-91(108)93(118-87(106)72-78(101)66-60-54-48-42-33-27-21-15-9-3)89(95(109)116-82)97-83(102)71-77(100)65-59-53-47-41-32-26-20-14-8-2/h37-38,77-82,89-96,99-101,108-109H,7-36,39-76H2,1-6H3,(H,97,102)(H,98,103)(H2,110,111,112)/b38-37-/t77?,78?,79?,80?,81?,82?,89?,90?,91-,92-,93-,94-,95?,96-/m1/s1. The summed E-state index contributed by atoms with van der Waals surface area (Å²) >= 11 is 0. The lowest BCUT2D eigenvalue weighted by Crippen LogP contribution is -2.68. The summed E-state index contributed by atoms with van der Waals surface area (Å²) in [6, 6.07) is -3.47. The molecule has 121 heavy (non-hydrogen) atoms. The number of ether oxygens (including phenoxy) is 7. The van der Waals surface area contributed by atoms with Gasteiger partial charge in [0.15, 0.2) is 24.8 Å². The molecule has 14 atom stereocenters. The van der Waals surface area contributed by atoms with Crippen molar-refractivity contribution in [2.75, 3.05) is 13.2 Å². The van der Waals surface area contributed by atoms with E-state index in [-0.39, 0.29) is 25.7 Å². The molecule has 2 rings (SSSR count). The lowest BCUT2D eigenvalue weighted by atomic mass is 9.95. The number of amides is 2. The molecule has 0 aromatic carbocycles. The van der Waals surface area contributed by atoms with Crippen molar-refractivity contribution in [3.63, 3.8) is 0 Å². The van der Waals surface area contributed by atoms with Crippen molar-refractivity contribution in [1.82, 2.24) is 10.6 Å². The van der Waals surface area contributed by atoms with Crippen molar-refractivity contribution in [1.29, 1.82) is 0 Å². The number of carbonyl (C=O) groups is 6. The van der Waals surface area contributed by atoms with Gasteiger partial charge in [-0.1, -0.05) is 362 Å². The Hall–Kier alpha value is -3.65. The number of aliphatic hydroxyl groups excluding tert-OH is 5. The smallest absolute Gasteiger partial charge is 0.462 e. The van der Waals surface area contributed by atoms with Gasteiger partial charge in [-0.2, -0.15) is 0 Å². The second kappa shape index (κ2) is 76.4. The summed E-state index contributed by atoms with van der Waals surface area (Å²) in [5.74, 6) is -4.58. The number of allylic oxidation sites excluding steroid dienone is 2. The highest BCUT2D eigenvalue weighted by molar-refractivity contribution is 7.46. The molecule has 2 heterocycles. The van der Waals surface area contributed by atoms with E-state index in [0.717, 1.165) is 225 Å². The van der Waals surface area contributed by atoms with Crippen LogP contribution in [-0.2, 0) is 71.0 Å². The molecule has 0 spiro atoms. The summed E-state index contributed by atoms with van der Waals surface area (Å²) in [5.41, 5.74) is 0. The molecular formula is C96H179N2O22P. The monoisotopic (exact) mass is 1740 g/mol. The summed E-state index contributed by atoms with van der Waals surface area (Å²) in [4.78, 5) is 107. The van der Waals surface area contributed by atoms with E-state index in [2.05, 4.69) is 64.3 Å². The number of carbonyl (C=O) groups excluding carboxylic acids is 6. The van der Waals surface area contributed by atoms with Crippen LogP contribution >= 0.6 is 7.82 Å². The predicted octanol–water partition coefficient (Wildman–Crippen LogP) is 21.0. The van der Waals surface area contributed by atoms with Crippen molar-refractivity contribution in [3.8, 4) is 0 Å². The second-order valence-electron chi connectivity index (χ2n) is 35.3. The molecule has 9 N–H and O–H groups in total. The van der Waals surface area contributed by atoms with E-state index in [1.807, 2.05) is 0 Å². The van der Waals surface area contributed by atoms with E-state index >= 15 is 4.79 Å². The van der Waals surface area contributed by atoms with E-state index in [1.165, 1.54) is 96.3 Å². The molecule has 0 aliphatic carbocycles. The normalized spacial score (nSPS) is 20.4. The molecular weight excluding hydrogens is 1560 g/mol. The van der Waals surface area contributed by atoms with Crippen molar-refractivity contribution < 1.29 is 106 Å². The molecule has 2 aliphatic heterocycles. The minimum atomic E-state index is -5.62. The Morgan fingerprint density at radius 2 is 0.702 bits per heavy atom. The summed E-state index contributed by atoms with van der Waals surface area (Å²) in [7, 11) is -5.62. The van der Waals surface area contributed by atoms with Gasteiger partial charge in [0, 0.05) is 12.8 Å². The van der Waals surface area contributed by atoms with E-state index < -0.39 is 168 Å². The second-order valence-corrected chi connectivity index (χ2v) is 36.5. The van der Waals surface area contributed by atoms with E-state index in [0.29, 0.717) is 51.4 Å². The van der Waals surface area contributed by atoms with Gasteiger partial charge in [-0.05, 0) is 77.0 Å². The lowest BCUT2D eigenvalue weighted by Gasteiger charge is -2.46. The molecule has 0 aromatic rings. The highest BCUT2D eigenvalue weighted by Gasteiger charge is 2.54. The maximum atomic E-state index is 15.1. The number of esters is 4. The third-order valence-electron chi connectivity index (χ3n) is 23.8. The number of hydrogen-bond donors (Lipinski definition) is 9. The molecule has 24 nitrogen and oxygen atoms in total.